The first kappa shape index (κ1) is 15.5. The summed E-state index contributed by atoms with van der Waals surface area (Å²) in [5.74, 6) is 0.334. The average Bonchev–Trinajstić information content (AvgIpc) is 2.48. The summed E-state index contributed by atoms with van der Waals surface area (Å²) < 4.78 is 26.7. The molecule has 0 heterocycles. The topological polar surface area (TPSA) is 66.4 Å². The third kappa shape index (κ3) is 4.31. The van der Waals surface area contributed by atoms with E-state index in [0.29, 0.717) is 6.54 Å². The summed E-state index contributed by atoms with van der Waals surface area (Å²) in [6, 6.07) is 15.5. The Balaban J connectivity index is 1.92. The molecule has 2 aromatic rings. The zero-order chi connectivity index (χ0) is 15.3. The van der Waals surface area contributed by atoms with Crippen LogP contribution in [0, 0.1) is 0 Å². The molecule has 2 aromatic carbocycles. The zero-order valence-corrected chi connectivity index (χ0v) is 12.7. The van der Waals surface area contributed by atoms with Gasteiger partial charge in [0.2, 0.25) is 10.0 Å². The second-order valence-electron chi connectivity index (χ2n) is 4.99. The van der Waals surface area contributed by atoms with Crippen LogP contribution in [0.2, 0.25) is 0 Å². The minimum absolute atomic E-state index is 0.0478. The molecule has 0 saturated carbocycles. The minimum atomic E-state index is -3.52. The second kappa shape index (κ2) is 6.74. The first-order chi connectivity index (χ1) is 9.99. The van der Waals surface area contributed by atoms with Crippen molar-refractivity contribution < 1.29 is 13.5 Å². The van der Waals surface area contributed by atoms with Gasteiger partial charge in [-0.25, -0.2) is 13.1 Å². The first-order valence-corrected chi connectivity index (χ1v) is 8.31. The van der Waals surface area contributed by atoms with Crippen molar-refractivity contribution in [1.29, 1.82) is 0 Å². The predicted molar refractivity (Wildman–Crippen MR) is 82.8 cm³/mol. The molecular weight excluding hydrogens is 286 g/mol. The van der Waals surface area contributed by atoms with Gasteiger partial charge in [0.05, 0.1) is 4.90 Å². The van der Waals surface area contributed by atoms with Gasteiger partial charge in [0.15, 0.2) is 0 Å². The van der Waals surface area contributed by atoms with Crippen LogP contribution in [0.5, 0.6) is 5.75 Å². The average molecular weight is 305 g/mol. The summed E-state index contributed by atoms with van der Waals surface area (Å²) in [5, 5.41) is 9.18. The molecule has 5 heteroatoms. The number of rotatable bonds is 6. The van der Waals surface area contributed by atoms with Crippen LogP contribution < -0.4 is 4.72 Å². The molecule has 1 unspecified atom stereocenters. The lowest BCUT2D eigenvalue weighted by Crippen LogP contribution is -2.25. The lowest BCUT2D eigenvalue weighted by Gasteiger charge is -2.12. The molecule has 0 aliphatic heterocycles. The summed E-state index contributed by atoms with van der Waals surface area (Å²) >= 11 is 0. The summed E-state index contributed by atoms with van der Waals surface area (Å²) in [6.45, 7) is 2.45. The van der Waals surface area contributed by atoms with Crippen molar-refractivity contribution in [2.75, 3.05) is 6.54 Å². The zero-order valence-electron chi connectivity index (χ0n) is 11.9. The largest absolute Gasteiger partial charge is 0.508 e. The highest BCUT2D eigenvalue weighted by Crippen LogP contribution is 2.18. The van der Waals surface area contributed by atoms with E-state index in [4.69, 9.17) is 0 Å². The highest BCUT2D eigenvalue weighted by molar-refractivity contribution is 7.89. The van der Waals surface area contributed by atoms with E-state index in [-0.39, 0.29) is 16.6 Å². The Morgan fingerprint density at radius 1 is 1.05 bits per heavy atom. The van der Waals surface area contributed by atoms with Gasteiger partial charge >= 0.3 is 0 Å². The summed E-state index contributed by atoms with van der Waals surface area (Å²) in [5.41, 5.74) is 1.20. The van der Waals surface area contributed by atoms with Crippen molar-refractivity contribution in [3.8, 4) is 5.75 Å². The number of sulfonamides is 1. The van der Waals surface area contributed by atoms with E-state index in [1.165, 1.54) is 29.8 Å². The molecule has 0 bridgehead atoms. The lowest BCUT2D eigenvalue weighted by molar-refractivity contribution is 0.474. The Labute approximate surface area is 125 Å². The Morgan fingerprint density at radius 2 is 1.67 bits per heavy atom. The smallest absolute Gasteiger partial charge is 0.240 e. The van der Waals surface area contributed by atoms with Gasteiger partial charge in [-0.1, -0.05) is 37.3 Å². The van der Waals surface area contributed by atoms with Gasteiger partial charge in [-0.15, -0.1) is 0 Å². The number of hydrogen-bond acceptors (Lipinski definition) is 3. The fourth-order valence-corrected chi connectivity index (χ4v) is 3.11. The number of hydrogen-bond donors (Lipinski definition) is 2. The Bertz CT molecular complexity index is 666. The third-order valence-electron chi connectivity index (χ3n) is 3.39. The molecule has 0 aliphatic rings. The molecule has 0 aliphatic carbocycles. The van der Waals surface area contributed by atoms with Gasteiger partial charge in [0, 0.05) is 6.54 Å². The maximum atomic E-state index is 12.1. The van der Waals surface area contributed by atoms with Crippen LogP contribution in [0.25, 0.3) is 0 Å². The first-order valence-electron chi connectivity index (χ1n) is 6.83. The maximum Gasteiger partial charge on any atom is 0.240 e. The van der Waals surface area contributed by atoms with E-state index in [1.54, 1.807) is 0 Å². The number of phenols is 1. The van der Waals surface area contributed by atoms with E-state index in [0.717, 1.165) is 6.42 Å². The predicted octanol–water partition coefficient (Wildman–Crippen LogP) is 2.86. The molecule has 0 amide bonds. The van der Waals surface area contributed by atoms with Crippen LogP contribution >= 0.6 is 0 Å². The number of nitrogens with one attached hydrogen (secondary N) is 1. The monoisotopic (exact) mass is 305 g/mol. The van der Waals surface area contributed by atoms with Gasteiger partial charge in [0.1, 0.15) is 5.75 Å². The molecule has 2 N–H and O–H groups in total. The van der Waals surface area contributed by atoms with Gasteiger partial charge in [-0.2, -0.15) is 0 Å². The molecule has 112 valence electrons. The molecule has 0 fully saturated rings. The molecule has 1 atom stereocenters. The Hall–Kier alpha value is -1.85. The van der Waals surface area contributed by atoms with Crippen LogP contribution in [0.4, 0.5) is 0 Å². The van der Waals surface area contributed by atoms with Crippen molar-refractivity contribution in [3.63, 3.8) is 0 Å². The fourth-order valence-electron chi connectivity index (χ4n) is 2.07. The van der Waals surface area contributed by atoms with Crippen molar-refractivity contribution in [1.82, 2.24) is 4.72 Å². The van der Waals surface area contributed by atoms with Crippen LogP contribution in [0.1, 0.15) is 24.8 Å². The summed E-state index contributed by atoms with van der Waals surface area (Å²) in [6.07, 6.45) is 0.724. The summed E-state index contributed by atoms with van der Waals surface area (Å²) in [4.78, 5) is 0.160. The van der Waals surface area contributed by atoms with Crippen molar-refractivity contribution in [2.45, 2.75) is 24.2 Å². The van der Waals surface area contributed by atoms with Crippen molar-refractivity contribution in [2.24, 2.45) is 0 Å². The molecule has 0 saturated heterocycles. The molecule has 0 spiro atoms. The Kier molecular flexibility index (Phi) is 4.98. The number of benzene rings is 2. The molecule has 0 radical (unpaired) electrons. The van der Waals surface area contributed by atoms with Gasteiger partial charge in [-0.3, -0.25) is 0 Å². The molecule has 21 heavy (non-hydrogen) atoms. The van der Waals surface area contributed by atoms with E-state index in [1.807, 2.05) is 30.3 Å². The van der Waals surface area contributed by atoms with Crippen LogP contribution in [-0.4, -0.2) is 20.1 Å². The van der Waals surface area contributed by atoms with Crippen molar-refractivity contribution in [3.05, 3.63) is 60.2 Å². The fraction of sp³-hybridized carbons (Fsp3) is 0.250. The minimum Gasteiger partial charge on any atom is -0.508 e. The molecule has 4 nitrogen and oxygen atoms in total. The quantitative estimate of drug-likeness (QED) is 0.862. The standard InChI is InChI=1S/C16H19NO3S/c1-13(14-5-3-2-4-6-14)11-12-17-21(19,20)16-9-7-15(18)8-10-16/h2-10,13,17-18H,11-12H2,1H3. The highest BCUT2D eigenvalue weighted by atomic mass is 32.2. The number of aromatic hydroxyl groups is 1. The number of phenolic OH excluding ortho intramolecular Hbond substituents is 1. The van der Waals surface area contributed by atoms with E-state index < -0.39 is 10.0 Å². The van der Waals surface area contributed by atoms with E-state index in [9.17, 15) is 13.5 Å². The maximum absolute atomic E-state index is 12.1. The van der Waals surface area contributed by atoms with Gasteiger partial charge < -0.3 is 5.11 Å². The third-order valence-corrected chi connectivity index (χ3v) is 4.86. The normalized spacial score (nSPS) is 13.0. The van der Waals surface area contributed by atoms with Crippen LogP contribution in [-0.2, 0) is 10.0 Å². The van der Waals surface area contributed by atoms with Crippen molar-refractivity contribution >= 4 is 10.0 Å². The summed E-state index contributed by atoms with van der Waals surface area (Å²) in [7, 11) is -3.52. The molecule has 2 rings (SSSR count). The van der Waals surface area contributed by atoms with E-state index >= 15 is 0 Å². The van der Waals surface area contributed by atoms with Crippen LogP contribution in [0.3, 0.4) is 0 Å². The lowest BCUT2D eigenvalue weighted by atomic mass is 9.98. The Morgan fingerprint density at radius 3 is 2.29 bits per heavy atom. The molecule has 0 aromatic heterocycles. The second-order valence-corrected chi connectivity index (χ2v) is 6.76. The van der Waals surface area contributed by atoms with Gasteiger partial charge in [0.25, 0.3) is 0 Å². The van der Waals surface area contributed by atoms with Gasteiger partial charge in [-0.05, 0) is 42.2 Å². The van der Waals surface area contributed by atoms with Crippen LogP contribution in [0.15, 0.2) is 59.5 Å². The van der Waals surface area contributed by atoms with E-state index in [2.05, 4.69) is 11.6 Å². The molecular formula is C16H19NO3S. The SMILES string of the molecule is CC(CCNS(=O)(=O)c1ccc(O)cc1)c1ccccc1. The highest BCUT2D eigenvalue weighted by Gasteiger charge is 2.14.